The monoisotopic (exact) mass is 513 g/mol. The van der Waals surface area contributed by atoms with Crippen molar-refractivity contribution in [1.82, 2.24) is 9.80 Å². The number of anilines is 1. The number of rotatable bonds is 11. The molecule has 186 valence electrons. The van der Waals surface area contributed by atoms with Crippen LogP contribution in [0.4, 0.5) is 10.5 Å². The Kier molecular flexibility index (Phi) is 10.1. The Hall–Kier alpha value is -2.87. The van der Waals surface area contributed by atoms with Crippen LogP contribution in [-0.2, 0) is 22.6 Å². The fraction of sp³-hybridized carbons (Fsp3) is 0.333. The second-order valence-corrected chi connectivity index (χ2v) is 10.2. The third-order valence-corrected chi connectivity index (χ3v) is 6.92. The molecule has 1 aromatic heterocycles. The summed E-state index contributed by atoms with van der Waals surface area (Å²) in [4.78, 5) is 32.3. The molecule has 0 aliphatic carbocycles. The van der Waals surface area contributed by atoms with Crippen molar-refractivity contribution in [3.8, 4) is 0 Å². The van der Waals surface area contributed by atoms with Crippen LogP contribution in [-0.4, -0.2) is 48.5 Å². The summed E-state index contributed by atoms with van der Waals surface area (Å²) in [6, 6.07) is 19.0. The van der Waals surface area contributed by atoms with Gasteiger partial charge in [-0.15, -0.1) is 11.3 Å². The fourth-order valence-corrected chi connectivity index (χ4v) is 4.67. The van der Waals surface area contributed by atoms with E-state index in [9.17, 15) is 9.59 Å². The van der Waals surface area contributed by atoms with E-state index >= 15 is 0 Å². The average Bonchev–Trinajstić information content (AvgIpc) is 3.25. The molecule has 1 N–H and O–H groups in total. The molecule has 8 heteroatoms. The largest absolute Gasteiger partial charge is 0.385 e. The van der Waals surface area contributed by atoms with Crippen molar-refractivity contribution in [2.75, 3.05) is 32.1 Å². The fourth-order valence-electron chi connectivity index (χ4n) is 3.58. The summed E-state index contributed by atoms with van der Waals surface area (Å²) in [6.07, 6.45) is 0.620. The summed E-state index contributed by atoms with van der Waals surface area (Å²) in [6.45, 7) is 5.77. The first-order valence-corrected chi connectivity index (χ1v) is 12.7. The number of hydrogen-bond donors (Lipinski definition) is 1. The first-order chi connectivity index (χ1) is 16.9. The second kappa shape index (κ2) is 13.3. The Morgan fingerprint density at radius 1 is 1.00 bits per heavy atom. The lowest BCUT2D eigenvalue weighted by Crippen LogP contribution is -2.44. The van der Waals surface area contributed by atoms with E-state index in [1.807, 2.05) is 43.3 Å². The topological polar surface area (TPSA) is 61.9 Å². The van der Waals surface area contributed by atoms with Gasteiger partial charge in [0.25, 0.3) is 0 Å². The van der Waals surface area contributed by atoms with Gasteiger partial charge in [-0.25, -0.2) is 4.79 Å². The quantitative estimate of drug-likeness (QED) is 0.314. The normalized spacial score (nSPS) is 10.7. The maximum absolute atomic E-state index is 13.5. The van der Waals surface area contributed by atoms with E-state index < -0.39 is 0 Å². The van der Waals surface area contributed by atoms with Gasteiger partial charge in [-0.1, -0.05) is 48.0 Å². The predicted molar refractivity (Wildman–Crippen MR) is 143 cm³/mol. The van der Waals surface area contributed by atoms with Gasteiger partial charge in [0.1, 0.15) is 6.54 Å². The molecule has 0 saturated heterocycles. The maximum atomic E-state index is 13.5. The molecular weight excluding hydrogens is 482 g/mol. The highest BCUT2D eigenvalue weighted by molar-refractivity contribution is 7.11. The SMILES string of the molecule is COCCCN(CC(=O)N(Cc1ccccc1)Cc1ccc(C)s1)C(=O)Nc1ccc(C)c(Cl)c1. The zero-order valence-corrected chi connectivity index (χ0v) is 22.0. The summed E-state index contributed by atoms with van der Waals surface area (Å²) in [5.41, 5.74) is 2.56. The molecule has 2 aromatic carbocycles. The van der Waals surface area contributed by atoms with Crippen LogP contribution in [0.15, 0.2) is 60.7 Å². The number of nitrogens with zero attached hydrogens (tertiary/aromatic N) is 2. The Balaban J connectivity index is 1.76. The van der Waals surface area contributed by atoms with Crippen LogP contribution in [0, 0.1) is 13.8 Å². The van der Waals surface area contributed by atoms with E-state index in [1.165, 1.54) is 9.78 Å². The van der Waals surface area contributed by atoms with Crippen molar-refractivity contribution in [3.63, 3.8) is 0 Å². The zero-order valence-electron chi connectivity index (χ0n) is 20.4. The molecule has 3 rings (SSSR count). The number of ether oxygens (including phenoxy) is 1. The Morgan fingerprint density at radius 3 is 2.43 bits per heavy atom. The zero-order chi connectivity index (χ0) is 25.2. The molecule has 0 fully saturated rings. The molecule has 0 radical (unpaired) electrons. The first-order valence-electron chi connectivity index (χ1n) is 11.5. The van der Waals surface area contributed by atoms with E-state index in [0.717, 1.165) is 16.0 Å². The van der Waals surface area contributed by atoms with Crippen molar-refractivity contribution >= 4 is 40.6 Å². The Morgan fingerprint density at radius 2 is 1.77 bits per heavy atom. The molecule has 1 heterocycles. The number of halogens is 1. The van der Waals surface area contributed by atoms with Crippen molar-refractivity contribution in [1.29, 1.82) is 0 Å². The van der Waals surface area contributed by atoms with Gasteiger partial charge in [-0.3, -0.25) is 4.79 Å². The second-order valence-electron chi connectivity index (χ2n) is 8.41. The van der Waals surface area contributed by atoms with Crippen molar-refractivity contribution in [2.45, 2.75) is 33.4 Å². The van der Waals surface area contributed by atoms with E-state index in [1.54, 1.807) is 35.5 Å². The number of thiophene rings is 1. The van der Waals surface area contributed by atoms with Gasteiger partial charge >= 0.3 is 6.03 Å². The molecule has 0 saturated carbocycles. The lowest BCUT2D eigenvalue weighted by atomic mass is 10.2. The molecule has 0 spiro atoms. The lowest BCUT2D eigenvalue weighted by molar-refractivity contribution is -0.133. The third-order valence-electron chi connectivity index (χ3n) is 5.52. The maximum Gasteiger partial charge on any atom is 0.322 e. The van der Waals surface area contributed by atoms with Gasteiger partial charge in [0.15, 0.2) is 0 Å². The molecule has 0 unspecified atom stereocenters. The number of hydrogen-bond acceptors (Lipinski definition) is 4. The molecule has 0 atom stereocenters. The summed E-state index contributed by atoms with van der Waals surface area (Å²) >= 11 is 7.89. The van der Waals surface area contributed by atoms with Gasteiger partial charge in [0.2, 0.25) is 5.91 Å². The van der Waals surface area contributed by atoms with E-state index in [2.05, 4.69) is 24.4 Å². The molecule has 0 aliphatic heterocycles. The number of benzene rings is 2. The highest BCUT2D eigenvalue weighted by atomic mass is 35.5. The first kappa shape index (κ1) is 26.7. The number of amides is 3. The van der Waals surface area contributed by atoms with E-state index in [0.29, 0.717) is 43.4 Å². The molecular formula is C27H32ClN3O3S. The number of methoxy groups -OCH3 is 1. The molecule has 3 aromatic rings. The van der Waals surface area contributed by atoms with Crippen LogP contribution in [0.3, 0.4) is 0 Å². The van der Waals surface area contributed by atoms with Gasteiger partial charge in [-0.05, 0) is 55.7 Å². The highest BCUT2D eigenvalue weighted by Gasteiger charge is 2.22. The molecule has 3 amide bonds. The average molecular weight is 514 g/mol. The highest BCUT2D eigenvalue weighted by Crippen LogP contribution is 2.21. The van der Waals surface area contributed by atoms with Crippen molar-refractivity contribution in [2.24, 2.45) is 0 Å². The molecule has 0 aliphatic rings. The summed E-state index contributed by atoms with van der Waals surface area (Å²) in [5, 5.41) is 3.45. The number of aryl methyl sites for hydroxylation is 2. The van der Waals surface area contributed by atoms with Crippen molar-refractivity contribution in [3.05, 3.63) is 86.6 Å². The van der Waals surface area contributed by atoms with Crippen LogP contribution >= 0.6 is 22.9 Å². The summed E-state index contributed by atoms with van der Waals surface area (Å²) in [7, 11) is 1.62. The predicted octanol–water partition coefficient (Wildman–Crippen LogP) is 6.12. The molecule has 35 heavy (non-hydrogen) atoms. The van der Waals surface area contributed by atoms with Crippen molar-refractivity contribution < 1.29 is 14.3 Å². The number of carbonyl (C=O) groups is 2. The van der Waals surface area contributed by atoms with Crippen LogP contribution in [0.2, 0.25) is 5.02 Å². The smallest absolute Gasteiger partial charge is 0.322 e. The van der Waals surface area contributed by atoms with E-state index in [4.69, 9.17) is 16.3 Å². The number of nitrogens with one attached hydrogen (secondary N) is 1. The van der Waals surface area contributed by atoms with E-state index in [-0.39, 0.29) is 18.5 Å². The standard InChI is InChI=1S/C27H32ClN3O3S/c1-20-10-12-23(16-25(20)28)29-27(33)30(14-7-15-34-3)19-26(32)31(17-22-8-5-4-6-9-22)18-24-13-11-21(2)35-24/h4-6,8-13,16H,7,14-15,17-19H2,1-3H3,(H,29,33). The Labute approximate surface area is 216 Å². The van der Waals surface area contributed by atoms with Crippen LogP contribution in [0.1, 0.15) is 27.3 Å². The third kappa shape index (κ3) is 8.38. The van der Waals surface area contributed by atoms with Crippen LogP contribution < -0.4 is 5.32 Å². The van der Waals surface area contributed by atoms with Gasteiger partial charge in [0.05, 0.1) is 6.54 Å². The summed E-state index contributed by atoms with van der Waals surface area (Å²) < 4.78 is 5.16. The Bertz CT molecular complexity index is 1120. The minimum atomic E-state index is -0.346. The minimum Gasteiger partial charge on any atom is -0.385 e. The molecule has 6 nitrogen and oxygen atoms in total. The molecule has 0 bridgehead atoms. The lowest BCUT2D eigenvalue weighted by Gasteiger charge is -2.28. The summed E-state index contributed by atoms with van der Waals surface area (Å²) in [5.74, 6) is -0.116. The van der Waals surface area contributed by atoms with Gasteiger partial charge in [0, 0.05) is 47.3 Å². The van der Waals surface area contributed by atoms with Crippen LogP contribution in [0.5, 0.6) is 0 Å². The van der Waals surface area contributed by atoms with Crippen LogP contribution in [0.25, 0.3) is 0 Å². The minimum absolute atomic E-state index is 0.0354. The van der Waals surface area contributed by atoms with Gasteiger partial charge in [-0.2, -0.15) is 0 Å². The van der Waals surface area contributed by atoms with Gasteiger partial charge < -0.3 is 19.9 Å². The number of urea groups is 1. The number of carbonyl (C=O) groups excluding carboxylic acids is 2.